The third-order valence-electron chi connectivity index (χ3n) is 14.6. The molecular formula is C42H52N4O8. The van der Waals surface area contributed by atoms with E-state index < -0.39 is 52.0 Å². The topological polar surface area (TPSA) is 148 Å². The molecule has 5 aliphatic heterocycles. The first kappa shape index (κ1) is 35.7. The predicted octanol–water partition coefficient (Wildman–Crippen LogP) is 2.99. The van der Waals surface area contributed by atoms with Crippen molar-refractivity contribution in [2.24, 2.45) is 11.3 Å². The van der Waals surface area contributed by atoms with Gasteiger partial charge in [0.05, 0.1) is 33.5 Å². The summed E-state index contributed by atoms with van der Waals surface area (Å²) in [6, 6.07) is 11.0. The van der Waals surface area contributed by atoms with Gasteiger partial charge in [-0.25, -0.2) is 4.79 Å². The Morgan fingerprint density at radius 2 is 1.74 bits per heavy atom. The molecule has 3 aromatic rings. The molecule has 288 valence electrons. The highest BCUT2D eigenvalue weighted by Crippen LogP contribution is 2.68. The van der Waals surface area contributed by atoms with Crippen molar-refractivity contribution in [1.29, 1.82) is 0 Å². The van der Waals surface area contributed by atoms with E-state index in [1.54, 1.807) is 7.11 Å². The molecule has 2 aromatic carbocycles. The second-order valence-electron chi connectivity index (χ2n) is 17.0. The van der Waals surface area contributed by atoms with Crippen LogP contribution in [0.25, 0.3) is 10.9 Å². The van der Waals surface area contributed by atoms with Crippen LogP contribution in [0.3, 0.4) is 0 Å². The summed E-state index contributed by atoms with van der Waals surface area (Å²) >= 11 is 0. The van der Waals surface area contributed by atoms with Gasteiger partial charge in [-0.3, -0.25) is 14.6 Å². The van der Waals surface area contributed by atoms with Crippen molar-refractivity contribution in [3.8, 4) is 5.75 Å². The van der Waals surface area contributed by atoms with Gasteiger partial charge in [0.1, 0.15) is 17.3 Å². The molecule has 12 heteroatoms. The highest BCUT2D eigenvalue weighted by Gasteiger charge is 2.80. The Morgan fingerprint density at radius 1 is 0.981 bits per heavy atom. The van der Waals surface area contributed by atoms with E-state index in [-0.39, 0.29) is 18.4 Å². The maximum absolute atomic E-state index is 15.0. The summed E-state index contributed by atoms with van der Waals surface area (Å²) in [6.45, 7) is 7.39. The number of esters is 2. The van der Waals surface area contributed by atoms with E-state index in [1.807, 2.05) is 43.1 Å². The van der Waals surface area contributed by atoms with Crippen molar-refractivity contribution in [2.45, 2.75) is 86.8 Å². The van der Waals surface area contributed by atoms with Gasteiger partial charge in [-0.2, -0.15) is 0 Å². The number of carbonyl (C=O) groups excluding carboxylic acids is 2. The summed E-state index contributed by atoms with van der Waals surface area (Å²) in [5, 5.41) is 37.7. The number of aliphatic hydroxyl groups is 3. The van der Waals surface area contributed by atoms with Gasteiger partial charge in [0, 0.05) is 84.0 Å². The minimum Gasteiger partial charge on any atom is -0.496 e. The molecule has 1 saturated carbocycles. The third kappa shape index (κ3) is 4.26. The molecule has 54 heavy (non-hydrogen) atoms. The number of benzene rings is 2. The highest BCUT2D eigenvalue weighted by molar-refractivity contribution is 5.95. The molecule has 3 fully saturated rings. The van der Waals surface area contributed by atoms with Crippen LogP contribution in [0.4, 0.5) is 5.69 Å². The Morgan fingerprint density at radius 3 is 2.46 bits per heavy atom. The Hall–Kier alpha value is -3.94. The Bertz CT molecular complexity index is 2100. The number of hydrogen-bond donors (Lipinski definition) is 4. The number of aromatic amines is 1. The number of anilines is 1. The van der Waals surface area contributed by atoms with E-state index in [2.05, 4.69) is 39.9 Å². The number of aromatic nitrogens is 1. The molecule has 12 nitrogen and oxygen atoms in total. The van der Waals surface area contributed by atoms with Crippen LogP contribution >= 0.6 is 0 Å². The summed E-state index contributed by atoms with van der Waals surface area (Å²) in [6.07, 6.45) is 1.62. The zero-order valence-corrected chi connectivity index (χ0v) is 32.0. The van der Waals surface area contributed by atoms with Crippen LogP contribution in [0.5, 0.6) is 5.75 Å². The van der Waals surface area contributed by atoms with Crippen LogP contribution in [0.15, 0.2) is 48.0 Å². The van der Waals surface area contributed by atoms with Crippen LogP contribution in [-0.2, 0) is 36.4 Å². The largest absolute Gasteiger partial charge is 0.496 e. The first-order valence-electron chi connectivity index (χ1n) is 19.3. The molecule has 6 aliphatic rings. The molecular weight excluding hydrogens is 688 g/mol. The van der Waals surface area contributed by atoms with Crippen LogP contribution in [0.2, 0.25) is 0 Å². The van der Waals surface area contributed by atoms with Crippen LogP contribution in [-0.4, -0.2) is 126 Å². The number of aliphatic hydroxyl groups excluding tert-OH is 2. The molecule has 0 radical (unpaired) electrons. The van der Waals surface area contributed by atoms with E-state index in [1.165, 1.54) is 19.8 Å². The van der Waals surface area contributed by atoms with Crippen LogP contribution < -0.4 is 9.64 Å². The second-order valence-corrected chi connectivity index (χ2v) is 17.0. The molecule has 2 bridgehead atoms. The smallest absolute Gasteiger partial charge is 0.342 e. The minimum absolute atomic E-state index is 0.0211. The number of H-pyrrole nitrogens is 1. The summed E-state index contributed by atoms with van der Waals surface area (Å²) in [5.74, 6) is -0.806. The molecule has 9 rings (SSSR count). The van der Waals surface area contributed by atoms with Crippen molar-refractivity contribution >= 4 is 28.5 Å². The molecule has 6 heterocycles. The molecule has 3 unspecified atom stereocenters. The summed E-state index contributed by atoms with van der Waals surface area (Å²) < 4.78 is 17.5. The van der Waals surface area contributed by atoms with Crippen molar-refractivity contribution in [2.75, 3.05) is 59.5 Å². The van der Waals surface area contributed by atoms with E-state index in [4.69, 9.17) is 14.2 Å². The predicted molar refractivity (Wildman–Crippen MR) is 201 cm³/mol. The number of likely N-dealkylation sites (N-methyl/N-ethyl adjacent to an activating group) is 1. The van der Waals surface area contributed by atoms with Crippen LogP contribution in [0, 0.1) is 11.3 Å². The van der Waals surface area contributed by atoms with Gasteiger partial charge in [-0.15, -0.1) is 0 Å². The van der Waals surface area contributed by atoms with Crippen LogP contribution in [0.1, 0.15) is 61.9 Å². The molecule has 10 atom stereocenters. The Labute approximate surface area is 315 Å². The number of piperidine rings is 1. The number of hydrogen-bond acceptors (Lipinski definition) is 11. The molecule has 1 aliphatic carbocycles. The zero-order chi connectivity index (χ0) is 38.1. The lowest BCUT2D eigenvalue weighted by atomic mass is 9.46. The van der Waals surface area contributed by atoms with Crippen molar-refractivity contribution < 1.29 is 39.1 Å². The number of ether oxygens (including phenoxy) is 3. The molecule has 1 spiro atoms. The monoisotopic (exact) mass is 740 g/mol. The number of nitrogens with zero attached hydrogens (tertiary/aromatic N) is 3. The number of para-hydroxylation sites is 1. The normalized spacial score (nSPS) is 38.0. The third-order valence-corrected chi connectivity index (χ3v) is 14.6. The lowest BCUT2D eigenvalue weighted by molar-refractivity contribution is -0.241. The van der Waals surface area contributed by atoms with Gasteiger partial charge < -0.3 is 39.4 Å². The number of nitrogens with one attached hydrogen (secondary N) is 1. The lowest BCUT2D eigenvalue weighted by Gasteiger charge is -2.65. The van der Waals surface area contributed by atoms with E-state index in [0.29, 0.717) is 50.2 Å². The number of methoxy groups -OCH3 is 3. The summed E-state index contributed by atoms with van der Waals surface area (Å²) in [4.78, 5) is 39.4. The molecule has 4 N–H and O–H groups in total. The van der Waals surface area contributed by atoms with Gasteiger partial charge >= 0.3 is 11.9 Å². The quantitative estimate of drug-likeness (QED) is 0.226. The van der Waals surface area contributed by atoms with E-state index in [0.717, 1.165) is 46.5 Å². The minimum atomic E-state index is -2.34. The maximum atomic E-state index is 15.0. The van der Waals surface area contributed by atoms with Gasteiger partial charge in [0.25, 0.3) is 0 Å². The molecule has 1 aromatic heterocycles. The van der Waals surface area contributed by atoms with E-state index in [9.17, 15) is 20.1 Å². The van der Waals surface area contributed by atoms with Gasteiger partial charge in [0.15, 0.2) is 0 Å². The fraction of sp³-hybridized carbons (Fsp3) is 0.571. The zero-order valence-electron chi connectivity index (χ0n) is 32.0. The molecule has 0 amide bonds. The van der Waals surface area contributed by atoms with Crippen molar-refractivity contribution in [3.05, 3.63) is 70.4 Å². The molecule has 2 saturated heterocycles. The highest BCUT2D eigenvalue weighted by atomic mass is 16.5. The fourth-order valence-electron chi connectivity index (χ4n) is 12.9. The van der Waals surface area contributed by atoms with Crippen molar-refractivity contribution in [3.63, 3.8) is 0 Å². The maximum Gasteiger partial charge on any atom is 0.342 e. The lowest BCUT2D eigenvalue weighted by Crippen LogP contribution is -2.82. The summed E-state index contributed by atoms with van der Waals surface area (Å²) in [5.41, 5.74) is 0.657. The first-order valence-corrected chi connectivity index (χ1v) is 19.3. The number of carbonyl (C=O) groups is 2. The fourth-order valence-corrected chi connectivity index (χ4v) is 12.9. The second kappa shape index (κ2) is 12.0. The Kier molecular flexibility index (Phi) is 7.96. The number of fused-ring (bicyclic) bond motifs is 6. The van der Waals surface area contributed by atoms with Crippen molar-refractivity contribution in [1.82, 2.24) is 14.8 Å². The average Bonchev–Trinajstić information content (AvgIpc) is 3.80. The first-order chi connectivity index (χ1) is 25.8. The Balaban J connectivity index is 1.37. The van der Waals surface area contributed by atoms with Gasteiger partial charge in [0.2, 0.25) is 5.60 Å². The average molecular weight is 741 g/mol. The number of rotatable bonds is 5. The van der Waals surface area contributed by atoms with E-state index >= 15 is 4.79 Å². The standard InChI is InChI=1S/C42H52N4O8/c1-7-39-18-25(47)21-46-13-12-40(34(39)46)28-15-29(32(52-4)16-31(28)44(3)35(40)42(51,36(39)48)38(50)54-6)41(37(49)53-5)17-24-14-23(2)19-45(20-24)22-27-26-10-8-9-11-30(26)43-33(27)41/h8-11,14-16,24-25,34-36,43,47-48,51H,7,12-13,17-22H2,1-6H3/t24?,25?,34-,35-,36-,39-,40-,41+,42+/m1/s1. The van der Waals surface area contributed by atoms with Gasteiger partial charge in [-0.1, -0.05) is 36.8 Å². The van der Waals surface area contributed by atoms with Gasteiger partial charge in [-0.05, 0) is 68.3 Å². The SMILES string of the molecule is CC[C@]12CC(O)CN3CC[C@@]4(c5cc([C@@]6(C(=O)OC)CC7C=C(C)CN(Cc8c6[nH]c6ccccc86)C7)c(OC)cc5N(C)[C@H]4[C@@](O)(C(=O)OC)[C@@H]1O)[C@H]32. The summed E-state index contributed by atoms with van der Waals surface area (Å²) in [7, 11) is 6.13.